The number of carbonyl (C=O) groups is 2. The molecule has 0 atom stereocenters. The lowest BCUT2D eigenvalue weighted by molar-refractivity contribution is -0.125. The van der Waals surface area contributed by atoms with Crippen LogP contribution in [-0.2, 0) is 22.6 Å². The van der Waals surface area contributed by atoms with E-state index < -0.39 is 0 Å². The number of carbonyl (C=O) groups excluding carboxylic acids is 2. The second-order valence-corrected chi connectivity index (χ2v) is 5.78. The number of nitrogens with one attached hydrogen (secondary N) is 2. The minimum atomic E-state index is -0.201. The maximum absolute atomic E-state index is 11.8. The number of anilines is 1. The third-order valence-electron chi connectivity index (χ3n) is 3.60. The van der Waals surface area contributed by atoms with Gasteiger partial charge in [-0.05, 0) is 23.3 Å². The average molecular weight is 325 g/mol. The van der Waals surface area contributed by atoms with Crippen molar-refractivity contribution >= 4 is 17.5 Å². The van der Waals surface area contributed by atoms with Crippen LogP contribution in [0.2, 0.25) is 0 Å². The first kappa shape index (κ1) is 17.5. The van der Waals surface area contributed by atoms with Crippen LogP contribution in [0.1, 0.15) is 11.1 Å². The highest BCUT2D eigenvalue weighted by atomic mass is 16.2. The van der Waals surface area contributed by atoms with E-state index in [1.54, 1.807) is 0 Å². The van der Waals surface area contributed by atoms with Gasteiger partial charge in [0, 0.05) is 26.3 Å². The largest absolute Gasteiger partial charge is 0.378 e. The lowest BCUT2D eigenvalue weighted by Gasteiger charge is -2.13. The molecule has 0 aliphatic carbocycles. The fraction of sp³-hybridized carbons (Fsp3) is 0.263. The van der Waals surface area contributed by atoms with Gasteiger partial charge in [0.1, 0.15) is 0 Å². The van der Waals surface area contributed by atoms with Crippen molar-refractivity contribution in [3.8, 4) is 0 Å². The number of hydrogen-bond acceptors (Lipinski definition) is 3. The van der Waals surface area contributed by atoms with E-state index in [-0.39, 0.29) is 24.8 Å². The van der Waals surface area contributed by atoms with Crippen LogP contribution in [0.4, 0.5) is 5.69 Å². The summed E-state index contributed by atoms with van der Waals surface area (Å²) < 4.78 is 0. The highest BCUT2D eigenvalue weighted by Crippen LogP contribution is 2.11. The van der Waals surface area contributed by atoms with Crippen molar-refractivity contribution in [3.63, 3.8) is 0 Å². The molecule has 0 bridgehead atoms. The van der Waals surface area contributed by atoms with Gasteiger partial charge in [-0.2, -0.15) is 0 Å². The SMILES string of the molecule is CN(C)c1ccc(CNC(=O)CNC(=O)Cc2ccccc2)cc1. The van der Waals surface area contributed by atoms with Crippen LogP contribution in [0.25, 0.3) is 0 Å². The van der Waals surface area contributed by atoms with Crippen molar-refractivity contribution in [2.75, 3.05) is 25.5 Å². The number of benzene rings is 2. The molecule has 0 radical (unpaired) electrons. The molecule has 0 fully saturated rings. The quantitative estimate of drug-likeness (QED) is 0.815. The fourth-order valence-corrected chi connectivity index (χ4v) is 2.20. The highest BCUT2D eigenvalue weighted by Gasteiger charge is 2.06. The average Bonchev–Trinajstić information content (AvgIpc) is 2.59. The van der Waals surface area contributed by atoms with E-state index in [4.69, 9.17) is 0 Å². The number of hydrogen-bond donors (Lipinski definition) is 2. The van der Waals surface area contributed by atoms with E-state index in [0.29, 0.717) is 6.54 Å². The Balaban J connectivity index is 1.70. The van der Waals surface area contributed by atoms with E-state index in [2.05, 4.69) is 10.6 Å². The molecule has 0 aliphatic rings. The van der Waals surface area contributed by atoms with Crippen molar-refractivity contribution in [1.29, 1.82) is 0 Å². The Kier molecular flexibility index (Phi) is 6.37. The van der Waals surface area contributed by atoms with Gasteiger partial charge in [-0.1, -0.05) is 42.5 Å². The van der Waals surface area contributed by atoms with Crippen molar-refractivity contribution in [3.05, 3.63) is 65.7 Å². The molecule has 2 aromatic carbocycles. The van der Waals surface area contributed by atoms with Crippen molar-refractivity contribution < 1.29 is 9.59 Å². The fourth-order valence-electron chi connectivity index (χ4n) is 2.20. The van der Waals surface area contributed by atoms with Crippen LogP contribution < -0.4 is 15.5 Å². The van der Waals surface area contributed by atoms with Gasteiger partial charge in [0.25, 0.3) is 0 Å². The van der Waals surface area contributed by atoms with Gasteiger partial charge in [-0.15, -0.1) is 0 Å². The van der Waals surface area contributed by atoms with Crippen LogP contribution in [-0.4, -0.2) is 32.5 Å². The number of amides is 2. The Labute approximate surface area is 142 Å². The van der Waals surface area contributed by atoms with Gasteiger partial charge in [0.2, 0.25) is 11.8 Å². The standard InChI is InChI=1S/C19H23N3O2/c1-22(2)17-10-8-16(9-11-17)13-20-19(24)14-21-18(23)12-15-6-4-3-5-7-15/h3-11H,12-14H2,1-2H3,(H,20,24)(H,21,23). The van der Waals surface area contributed by atoms with Crippen LogP contribution in [0.15, 0.2) is 54.6 Å². The summed E-state index contributed by atoms with van der Waals surface area (Å²) in [5, 5.41) is 5.43. The number of nitrogens with zero attached hydrogens (tertiary/aromatic N) is 1. The van der Waals surface area contributed by atoms with Gasteiger partial charge in [0.05, 0.1) is 13.0 Å². The summed E-state index contributed by atoms with van der Waals surface area (Å²) in [5.74, 6) is -0.361. The van der Waals surface area contributed by atoms with Crippen LogP contribution in [0.5, 0.6) is 0 Å². The molecule has 0 aliphatic heterocycles. The minimum Gasteiger partial charge on any atom is -0.378 e. The molecular weight excluding hydrogens is 302 g/mol. The minimum absolute atomic E-state index is 0.0125. The molecule has 126 valence electrons. The zero-order chi connectivity index (χ0) is 17.4. The Morgan fingerprint density at radius 3 is 2.12 bits per heavy atom. The third-order valence-corrected chi connectivity index (χ3v) is 3.60. The smallest absolute Gasteiger partial charge is 0.239 e. The lowest BCUT2D eigenvalue weighted by Crippen LogP contribution is -2.37. The van der Waals surface area contributed by atoms with Crippen LogP contribution >= 0.6 is 0 Å². The summed E-state index contributed by atoms with van der Waals surface area (Å²) in [4.78, 5) is 25.6. The van der Waals surface area contributed by atoms with Crippen molar-refractivity contribution in [2.24, 2.45) is 0 Å². The summed E-state index contributed by atoms with van der Waals surface area (Å²) >= 11 is 0. The van der Waals surface area contributed by atoms with Gasteiger partial charge in [-0.25, -0.2) is 0 Å². The Hall–Kier alpha value is -2.82. The van der Waals surface area contributed by atoms with Gasteiger partial charge in [0.15, 0.2) is 0 Å². The maximum Gasteiger partial charge on any atom is 0.239 e. The summed E-state index contributed by atoms with van der Waals surface area (Å²) in [5.41, 5.74) is 3.05. The maximum atomic E-state index is 11.8. The molecule has 0 aromatic heterocycles. The second-order valence-electron chi connectivity index (χ2n) is 5.78. The molecule has 0 spiro atoms. The summed E-state index contributed by atoms with van der Waals surface area (Å²) in [7, 11) is 3.96. The molecule has 2 N–H and O–H groups in total. The molecule has 5 heteroatoms. The highest BCUT2D eigenvalue weighted by molar-refractivity contribution is 5.85. The van der Waals surface area contributed by atoms with E-state index in [9.17, 15) is 9.59 Å². The Morgan fingerprint density at radius 2 is 1.50 bits per heavy atom. The normalized spacial score (nSPS) is 10.1. The van der Waals surface area contributed by atoms with Crippen molar-refractivity contribution in [1.82, 2.24) is 10.6 Å². The summed E-state index contributed by atoms with van der Waals surface area (Å²) in [6, 6.07) is 17.4. The van der Waals surface area contributed by atoms with Gasteiger partial charge >= 0.3 is 0 Å². The zero-order valence-electron chi connectivity index (χ0n) is 14.1. The van der Waals surface area contributed by atoms with E-state index >= 15 is 0 Å². The predicted octanol–water partition coefficient (Wildman–Crippen LogP) is 1.73. The molecule has 2 rings (SSSR count). The van der Waals surface area contributed by atoms with Crippen molar-refractivity contribution in [2.45, 2.75) is 13.0 Å². The molecule has 0 unspecified atom stereocenters. The second kappa shape index (κ2) is 8.72. The van der Waals surface area contributed by atoms with Crippen LogP contribution in [0.3, 0.4) is 0 Å². The summed E-state index contributed by atoms with van der Waals surface area (Å²) in [6.07, 6.45) is 0.278. The first-order chi connectivity index (χ1) is 11.5. The topological polar surface area (TPSA) is 61.4 Å². The molecule has 0 saturated carbocycles. The van der Waals surface area contributed by atoms with Crippen LogP contribution in [0, 0.1) is 0 Å². The third kappa shape index (κ3) is 5.76. The van der Waals surface area contributed by atoms with Gasteiger partial charge in [-0.3, -0.25) is 9.59 Å². The zero-order valence-corrected chi connectivity index (χ0v) is 14.1. The lowest BCUT2D eigenvalue weighted by atomic mass is 10.1. The van der Waals surface area contributed by atoms with E-state index in [1.165, 1.54) is 0 Å². The molecule has 2 amide bonds. The number of rotatable bonds is 7. The molecule has 0 heterocycles. The molecule has 0 saturated heterocycles. The molecular formula is C19H23N3O2. The first-order valence-corrected chi connectivity index (χ1v) is 7.88. The predicted molar refractivity (Wildman–Crippen MR) is 95.8 cm³/mol. The van der Waals surface area contributed by atoms with Gasteiger partial charge < -0.3 is 15.5 Å². The first-order valence-electron chi connectivity index (χ1n) is 7.88. The Morgan fingerprint density at radius 1 is 0.833 bits per heavy atom. The van der Waals surface area contributed by atoms with E-state index in [1.807, 2.05) is 73.6 Å². The molecule has 2 aromatic rings. The van der Waals surface area contributed by atoms with E-state index in [0.717, 1.165) is 16.8 Å². The Bertz CT molecular complexity index is 667. The molecule has 24 heavy (non-hydrogen) atoms. The molecule has 5 nitrogen and oxygen atoms in total. The monoisotopic (exact) mass is 325 g/mol. The summed E-state index contributed by atoms with van der Waals surface area (Å²) in [6.45, 7) is 0.433.